The van der Waals surface area contributed by atoms with Crippen molar-refractivity contribution in [1.29, 1.82) is 0 Å². The lowest BCUT2D eigenvalue weighted by molar-refractivity contribution is -0.132. The second kappa shape index (κ2) is 10.1. The Morgan fingerprint density at radius 1 is 1.24 bits per heavy atom. The van der Waals surface area contributed by atoms with E-state index in [1.807, 2.05) is 30.1 Å². The largest absolute Gasteiger partial charge is 0.343 e. The molecule has 0 unspecified atom stereocenters. The summed E-state index contributed by atoms with van der Waals surface area (Å²) in [5, 5.41) is 7.12. The van der Waals surface area contributed by atoms with Crippen molar-refractivity contribution in [2.45, 2.75) is 75.4 Å². The van der Waals surface area contributed by atoms with Gasteiger partial charge in [0, 0.05) is 19.6 Å². The minimum atomic E-state index is -0.257. The number of rotatable bonds is 8. The van der Waals surface area contributed by atoms with Gasteiger partial charge in [-0.15, -0.1) is 5.10 Å². The molecule has 1 aliphatic carbocycles. The minimum Gasteiger partial charge on any atom is -0.342 e. The number of nitrogens with one attached hydrogen (secondary N) is 1. The van der Waals surface area contributed by atoms with Crippen LogP contribution >= 0.6 is 11.8 Å². The average Bonchev–Trinajstić information content (AvgIpc) is 3.09. The predicted octanol–water partition coefficient (Wildman–Crippen LogP) is 3.72. The van der Waals surface area contributed by atoms with Crippen molar-refractivity contribution < 1.29 is 4.79 Å². The van der Waals surface area contributed by atoms with Crippen LogP contribution in [-0.2, 0) is 17.8 Å². The Morgan fingerprint density at radius 3 is 2.59 bits per heavy atom. The zero-order chi connectivity index (χ0) is 20.8. The third-order valence-corrected chi connectivity index (χ3v) is 7.26. The molecule has 3 rings (SSSR count). The molecule has 1 saturated carbocycles. The van der Waals surface area contributed by atoms with Crippen molar-refractivity contribution in [3.63, 3.8) is 0 Å². The first-order chi connectivity index (χ1) is 14.0. The van der Waals surface area contributed by atoms with Crippen LogP contribution in [0, 0.1) is 5.92 Å². The first kappa shape index (κ1) is 21.7. The van der Waals surface area contributed by atoms with E-state index >= 15 is 0 Å². The number of hydrogen-bond donors (Lipinski definition) is 1. The molecule has 0 saturated heterocycles. The van der Waals surface area contributed by atoms with Crippen LogP contribution in [0.15, 0.2) is 40.3 Å². The molecule has 0 bridgehead atoms. The van der Waals surface area contributed by atoms with E-state index < -0.39 is 0 Å². The van der Waals surface area contributed by atoms with Crippen LogP contribution in [0.25, 0.3) is 0 Å². The summed E-state index contributed by atoms with van der Waals surface area (Å²) >= 11 is 1.41. The third-order valence-electron chi connectivity index (χ3n) is 5.74. The zero-order valence-electron chi connectivity index (χ0n) is 17.6. The molecule has 7 heteroatoms. The van der Waals surface area contributed by atoms with Gasteiger partial charge in [-0.2, -0.15) is 0 Å². The van der Waals surface area contributed by atoms with Crippen molar-refractivity contribution in [3.8, 4) is 0 Å². The third kappa shape index (κ3) is 5.53. The number of H-pyrrole nitrogens is 1. The fourth-order valence-electron chi connectivity index (χ4n) is 3.91. The number of carbonyl (C=O) groups is 1. The normalized spacial score (nSPS) is 16.1. The van der Waals surface area contributed by atoms with E-state index in [4.69, 9.17) is 0 Å². The number of aromatic nitrogens is 3. The molecule has 0 spiro atoms. The Hall–Kier alpha value is -2.02. The van der Waals surface area contributed by atoms with Gasteiger partial charge in [0.2, 0.25) is 5.91 Å². The van der Waals surface area contributed by atoms with Crippen molar-refractivity contribution >= 4 is 17.7 Å². The topological polar surface area (TPSA) is 71.0 Å². The van der Waals surface area contributed by atoms with E-state index in [0.29, 0.717) is 17.7 Å². The van der Waals surface area contributed by atoms with Crippen molar-refractivity contribution in [2.75, 3.05) is 7.05 Å². The van der Waals surface area contributed by atoms with Gasteiger partial charge in [-0.25, -0.2) is 9.89 Å². The Balaban J connectivity index is 1.72. The number of benzene rings is 1. The van der Waals surface area contributed by atoms with E-state index in [0.717, 1.165) is 19.3 Å². The predicted molar refractivity (Wildman–Crippen MR) is 117 cm³/mol. The summed E-state index contributed by atoms with van der Waals surface area (Å²) in [6, 6.07) is 10.4. The highest BCUT2D eigenvalue weighted by Crippen LogP contribution is 2.30. The van der Waals surface area contributed by atoms with Crippen molar-refractivity contribution in [2.24, 2.45) is 5.92 Å². The van der Waals surface area contributed by atoms with Crippen LogP contribution in [-0.4, -0.2) is 43.9 Å². The van der Waals surface area contributed by atoms with Gasteiger partial charge in [0.05, 0.1) is 5.25 Å². The highest BCUT2D eigenvalue weighted by atomic mass is 32.2. The smallest absolute Gasteiger partial charge is 0.342 e. The monoisotopic (exact) mass is 416 g/mol. The second-order valence-corrected chi connectivity index (χ2v) is 9.33. The molecule has 0 radical (unpaired) electrons. The van der Waals surface area contributed by atoms with Gasteiger partial charge >= 0.3 is 5.69 Å². The summed E-state index contributed by atoms with van der Waals surface area (Å²) in [6.45, 7) is 4.66. The maximum Gasteiger partial charge on any atom is 0.343 e. The van der Waals surface area contributed by atoms with Gasteiger partial charge in [-0.1, -0.05) is 75.2 Å². The number of thioether (sulfide) groups is 1. The molecule has 6 nitrogen and oxygen atoms in total. The molecule has 2 aromatic rings. The van der Waals surface area contributed by atoms with Crippen LogP contribution in [0.2, 0.25) is 0 Å². The van der Waals surface area contributed by atoms with Crippen LogP contribution in [0.1, 0.15) is 51.5 Å². The fraction of sp³-hybridized carbons (Fsp3) is 0.591. The molecule has 1 N–H and O–H groups in total. The van der Waals surface area contributed by atoms with Gasteiger partial charge in [0.15, 0.2) is 5.16 Å². The van der Waals surface area contributed by atoms with Crippen LogP contribution in [0.5, 0.6) is 0 Å². The standard InChI is InChI=1S/C22H32N4O2S/c1-16(2)19(20(27)25(3)18-12-8-5-9-13-18)29-22-24-23-21(28)26(22)15-14-17-10-6-4-7-11-17/h4,6-7,10-11,16,18-19H,5,8-9,12-15H2,1-3H3,(H,23,28)/t19-/m1/s1. The average molecular weight is 417 g/mol. The Labute approximate surface area is 177 Å². The van der Waals surface area contributed by atoms with Crippen molar-refractivity contribution in [3.05, 3.63) is 46.4 Å². The lowest BCUT2D eigenvalue weighted by atomic mass is 9.94. The minimum absolute atomic E-state index is 0.141. The molecule has 0 aliphatic heterocycles. The summed E-state index contributed by atoms with van der Waals surface area (Å²) in [7, 11) is 1.93. The van der Waals surface area contributed by atoms with Crippen LogP contribution in [0.4, 0.5) is 0 Å². The number of carbonyl (C=O) groups excluding carboxylic acids is 1. The molecule has 1 atom stereocenters. The number of amides is 1. The first-order valence-corrected chi connectivity index (χ1v) is 11.5. The molecule has 29 heavy (non-hydrogen) atoms. The second-order valence-electron chi connectivity index (χ2n) is 8.22. The van der Waals surface area contributed by atoms with E-state index in [-0.39, 0.29) is 22.8 Å². The summed E-state index contributed by atoms with van der Waals surface area (Å²) in [5.74, 6) is 0.287. The fourth-order valence-corrected chi connectivity index (χ4v) is 5.08. The van der Waals surface area contributed by atoms with Gasteiger partial charge < -0.3 is 4.90 Å². The molecular weight excluding hydrogens is 384 g/mol. The zero-order valence-corrected chi connectivity index (χ0v) is 18.5. The van der Waals surface area contributed by atoms with Crippen LogP contribution in [0.3, 0.4) is 0 Å². The highest BCUT2D eigenvalue weighted by molar-refractivity contribution is 8.00. The SMILES string of the molecule is CC(C)[C@@H](Sc1n[nH]c(=O)n1CCc1ccccc1)C(=O)N(C)C1CCCCC1. The summed E-state index contributed by atoms with van der Waals surface area (Å²) in [6.07, 6.45) is 6.57. The lowest BCUT2D eigenvalue weighted by Crippen LogP contribution is -2.44. The van der Waals surface area contributed by atoms with E-state index in [2.05, 4.69) is 36.2 Å². The quantitative estimate of drug-likeness (QED) is 0.666. The first-order valence-electron chi connectivity index (χ1n) is 10.6. The van der Waals surface area contributed by atoms with Gasteiger partial charge in [-0.3, -0.25) is 9.36 Å². The number of aromatic amines is 1. The maximum atomic E-state index is 13.3. The molecule has 158 valence electrons. The summed E-state index contributed by atoms with van der Waals surface area (Å²) < 4.78 is 1.65. The Kier molecular flexibility index (Phi) is 7.58. The van der Waals surface area contributed by atoms with Gasteiger partial charge in [0.25, 0.3) is 0 Å². The van der Waals surface area contributed by atoms with Crippen LogP contribution < -0.4 is 5.69 Å². The van der Waals surface area contributed by atoms with E-state index in [1.54, 1.807) is 4.57 Å². The summed E-state index contributed by atoms with van der Waals surface area (Å²) in [5.41, 5.74) is 0.948. The van der Waals surface area contributed by atoms with Gasteiger partial charge in [-0.05, 0) is 30.7 Å². The molecule has 1 heterocycles. The number of hydrogen-bond acceptors (Lipinski definition) is 4. The number of nitrogens with zero attached hydrogens (tertiary/aromatic N) is 3. The Morgan fingerprint density at radius 2 is 1.93 bits per heavy atom. The van der Waals surface area contributed by atoms with E-state index in [9.17, 15) is 9.59 Å². The lowest BCUT2D eigenvalue weighted by Gasteiger charge is -2.34. The van der Waals surface area contributed by atoms with Gasteiger partial charge in [0.1, 0.15) is 0 Å². The number of aryl methyl sites for hydroxylation is 1. The maximum absolute atomic E-state index is 13.3. The Bertz CT molecular complexity index is 840. The molecule has 1 aromatic carbocycles. The summed E-state index contributed by atoms with van der Waals surface area (Å²) in [4.78, 5) is 27.5. The molecular formula is C22H32N4O2S. The molecule has 1 fully saturated rings. The molecule has 1 aromatic heterocycles. The van der Waals surface area contributed by atoms with Crippen molar-refractivity contribution in [1.82, 2.24) is 19.7 Å². The molecule has 1 amide bonds. The highest BCUT2D eigenvalue weighted by Gasteiger charge is 2.32. The molecule has 1 aliphatic rings. The van der Waals surface area contributed by atoms with E-state index in [1.165, 1.54) is 36.6 Å².